The van der Waals surface area contributed by atoms with Gasteiger partial charge in [-0.05, 0) is 44.4 Å². The lowest BCUT2D eigenvalue weighted by Gasteiger charge is -2.13. The number of fused-ring (bicyclic) bond motifs is 1. The van der Waals surface area contributed by atoms with Crippen molar-refractivity contribution in [3.8, 4) is 0 Å². The minimum absolute atomic E-state index is 0.244. The van der Waals surface area contributed by atoms with Gasteiger partial charge in [-0.15, -0.1) is 11.6 Å². The Labute approximate surface area is 132 Å². The van der Waals surface area contributed by atoms with Crippen molar-refractivity contribution >= 4 is 54.2 Å². The molecule has 3 rings (SSSR count). The normalized spacial score (nSPS) is 12.8. The van der Waals surface area contributed by atoms with Crippen LogP contribution in [0.5, 0.6) is 0 Å². The van der Waals surface area contributed by atoms with E-state index in [1.54, 1.807) is 6.26 Å². The lowest BCUT2D eigenvalue weighted by molar-refractivity contribution is 0.537. The molecule has 1 nitrogen and oxygen atoms in total. The minimum atomic E-state index is -0.244. The molecule has 0 radical (unpaired) electrons. The Balaban J connectivity index is 2.21. The maximum absolute atomic E-state index is 6.60. The Morgan fingerprint density at radius 1 is 0.895 bits per heavy atom. The van der Waals surface area contributed by atoms with Crippen LogP contribution in [0.4, 0.5) is 0 Å². The Hall–Kier alpha value is -0.770. The Morgan fingerprint density at radius 3 is 2.32 bits per heavy atom. The highest BCUT2D eigenvalue weighted by Crippen LogP contribution is 2.39. The van der Waals surface area contributed by atoms with Crippen LogP contribution in [-0.4, -0.2) is 0 Å². The fraction of sp³-hybridized carbons (Fsp3) is 0.0667. The zero-order valence-corrected chi connectivity index (χ0v) is 13.7. The first-order valence-electron chi connectivity index (χ1n) is 5.72. The van der Waals surface area contributed by atoms with Crippen LogP contribution in [0.25, 0.3) is 10.8 Å². The fourth-order valence-electron chi connectivity index (χ4n) is 2.16. The molecule has 0 amide bonds. The summed E-state index contributed by atoms with van der Waals surface area (Å²) >= 11 is 13.6. The molecule has 0 bridgehead atoms. The van der Waals surface area contributed by atoms with E-state index in [2.05, 4.69) is 44.0 Å². The summed E-state index contributed by atoms with van der Waals surface area (Å²) in [6.07, 6.45) is 1.63. The lowest BCUT2D eigenvalue weighted by Crippen LogP contribution is -1.94. The van der Waals surface area contributed by atoms with Crippen LogP contribution in [0.15, 0.2) is 62.3 Å². The molecule has 4 heteroatoms. The summed E-state index contributed by atoms with van der Waals surface area (Å²) < 4.78 is 7.02. The first-order chi connectivity index (χ1) is 9.18. The molecule has 96 valence electrons. The van der Waals surface area contributed by atoms with Gasteiger partial charge in [0.25, 0.3) is 0 Å². The molecule has 0 aliphatic heterocycles. The summed E-state index contributed by atoms with van der Waals surface area (Å²) in [5.41, 5.74) is 2.01. The van der Waals surface area contributed by atoms with Crippen molar-refractivity contribution in [3.63, 3.8) is 0 Å². The van der Waals surface area contributed by atoms with E-state index in [1.807, 2.05) is 30.3 Å². The first-order valence-corrected chi connectivity index (χ1v) is 7.75. The van der Waals surface area contributed by atoms with Gasteiger partial charge in [-0.25, -0.2) is 0 Å². The number of benzene rings is 2. The van der Waals surface area contributed by atoms with Crippen LogP contribution in [0.2, 0.25) is 0 Å². The SMILES string of the molecule is ClC(c1ccoc1Br)c1ccc(Br)c2ccccc12. The second-order valence-corrected chi connectivity index (χ2v) is 6.21. The van der Waals surface area contributed by atoms with Crippen LogP contribution in [0.3, 0.4) is 0 Å². The minimum Gasteiger partial charge on any atom is -0.457 e. The summed E-state index contributed by atoms with van der Waals surface area (Å²) in [5, 5.41) is 2.06. The predicted molar refractivity (Wildman–Crippen MR) is 85.8 cm³/mol. The molecule has 0 saturated carbocycles. The summed E-state index contributed by atoms with van der Waals surface area (Å²) in [4.78, 5) is 0. The van der Waals surface area contributed by atoms with E-state index in [0.717, 1.165) is 26.4 Å². The average molecular weight is 400 g/mol. The van der Waals surface area contributed by atoms with Gasteiger partial charge >= 0.3 is 0 Å². The van der Waals surface area contributed by atoms with Crippen LogP contribution in [0.1, 0.15) is 16.5 Å². The summed E-state index contributed by atoms with van der Waals surface area (Å²) in [7, 11) is 0. The molecule has 0 saturated heterocycles. The Morgan fingerprint density at radius 2 is 1.63 bits per heavy atom. The van der Waals surface area contributed by atoms with Crippen molar-refractivity contribution in [3.05, 3.63) is 69.0 Å². The molecule has 0 spiro atoms. The predicted octanol–water partition coefficient (Wildman–Crippen LogP) is 6.29. The third-order valence-corrected chi connectivity index (χ3v) is 4.90. The fourth-order valence-corrected chi connectivity index (χ4v) is 3.60. The Bertz CT molecular complexity index is 736. The Kier molecular flexibility index (Phi) is 3.70. The van der Waals surface area contributed by atoms with Gasteiger partial charge in [-0.2, -0.15) is 0 Å². The lowest BCUT2D eigenvalue weighted by atomic mass is 9.99. The maximum atomic E-state index is 6.60. The molecule has 0 N–H and O–H groups in total. The number of alkyl halides is 1. The van der Waals surface area contributed by atoms with Crippen molar-refractivity contribution in [1.29, 1.82) is 0 Å². The second kappa shape index (κ2) is 5.31. The van der Waals surface area contributed by atoms with Crippen molar-refractivity contribution in [2.45, 2.75) is 5.38 Å². The van der Waals surface area contributed by atoms with E-state index in [0.29, 0.717) is 4.67 Å². The maximum Gasteiger partial charge on any atom is 0.173 e. The van der Waals surface area contributed by atoms with Gasteiger partial charge in [0.15, 0.2) is 4.67 Å². The van der Waals surface area contributed by atoms with Gasteiger partial charge in [0.05, 0.1) is 11.6 Å². The molecule has 3 aromatic rings. The smallest absolute Gasteiger partial charge is 0.173 e. The standard InChI is InChI=1S/C15H9Br2ClO/c16-13-6-5-11(9-3-1-2-4-10(9)13)14(18)12-7-8-19-15(12)17/h1-8,14H. The highest BCUT2D eigenvalue weighted by molar-refractivity contribution is 9.10. The number of hydrogen-bond donors (Lipinski definition) is 0. The third-order valence-electron chi connectivity index (χ3n) is 3.10. The zero-order valence-electron chi connectivity index (χ0n) is 9.74. The second-order valence-electron chi connectivity index (χ2n) is 4.19. The quantitative estimate of drug-likeness (QED) is 0.461. The largest absolute Gasteiger partial charge is 0.457 e. The van der Waals surface area contributed by atoms with Crippen molar-refractivity contribution in [1.82, 2.24) is 0 Å². The molecule has 0 fully saturated rings. The van der Waals surface area contributed by atoms with Gasteiger partial charge < -0.3 is 4.42 Å². The summed E-state index contributed by atoms with van der Waals surface area (Å²) in [6.45, 7) is 0. The number of rotatable bonds is 2. The third kappa shape index (κ3) is 2.35. The molecule has 2 aromatic carbocycles. The molecule has 1 unspecified atom stereocenters. The molecule has 0 aliphatic carbocycles. The monoisotopic (exact) mass is 398 g/mol. The number of hydrogen-bond acceptors (Lipinski definition) is 1. The van der Waals surface area contributed by atoms with E-state index >= 15 is 0 Å². The van der Waals surface area contributed by atoms with Crippen LogP contribution in [-0.2, 0) is 0 Å². The van der Waals surface area contributed by atoms with Crippen LogP contribution < -0.4 is 0 Å². The van der Waals surface area contributed by atoms with Crippen molar-refractivity contribution in [2.24, 2.45) is 0 Å². The van der Waals surface area contributed by atoms with Gasteiger partial charge in [0.2, 0.25) is 0 Å². The van der Waals surface area contributed by atoms with Gasteiger partial charge in [-0.1, -0.05) is 46.3 Å². The van der Waals surface area contributed by atoms with Gasteiger partial charge in [0, 0.05) is 10.0 Å². The van der Waals surface area contributed by atoms with Gasteiger partial charge in [0.1, 0.15) is 0 Å². The molecule has 1 aromatic heterocycles. The summed E-state index contributed by atoms with van der Waals surface area (Å²) in [5.74, 6) is 0. The van der Waals surface area contributed by atoms with Gasteiger partial charge in [-0.3, -0.25) is 0 Å². The van der Waals surface area contributed by atoms with E-state index in [1.165, 1.54) is 0 Å². The molecular formula is C15H9Br2ClO. The topological polar surface area (TPSA) is 13.1 Å². The van der Waals surface area contributed by atoms with Crippen molar-refractivity contribution in [2.75, 3.05) is 0 Å². The first kappa shape index (κ1) is 13.2. The van der Waals surface area contributed by atoms with E-state index < -0.39 is 0 Å². The summed E-state index contributed by atoms with van der Waals surface area (Å²) in [6, 6.07) is 14.2. The molecule has 1 heterocycles. The molecule has 19 heavy (non-hydrogen) atoms. The molecule has 1 atom stereocenters. The number of furan rings is 1. The van der Waals surface area contributed by atoms with E-state index in [9.17, 15) is 0 Å². The van der Waals surface area contributed by atoms with Crippen molar-refractivity contribution < 1.29 is 4.42 Å². The van der Waals surface area contributed by atoms with Crippen LogP contribution >= 0.6 is 43.5 Å². The highest BCUT2D eigenvalue weighted by Gasteiger charge is 2.18. The molecule has 0 aliphatic rings. The average Bonchev–Trinajstić information content (AvgIpc) is 2.85. The van der Waals surface area contributed by atoms with E-state index in [4.69, 9.17) is 16.0 Å². The van der Waals surface area contributed by atoms with Crippen LogP contribution in [0, 0.1) is 0 Å². The zero-order chi connectivity index (χ0) is 13.4. The van der Waals surface area contributed by atoms with E-state index in [-0.39, 0.29) is 5.38 Å². The molecular weight excluding hydrogens is 391 g/mol. The number of halogens is 3. The highest BCUT2D eigenvalue weighted by atomic mass is 79.9.